The van der Waals surface area contributed by atoms with E-state index >= 15 is 0 Å². The van der Waals surface area contributed by atoms with Gasteiger partial charge in [0.1, 0.15) is 5.76 Å². The summed E-state index contributed by atoms with van der Waals surface area (Å²) in [6.07, 6.45) is 0.207. The van der Waals surface area contributed by atoms with Crippen molar-refractivity contribution in [1.29, 1.82) is 0 Å². The smallest absolute Gasteiger partial charge is 0.199 e. The Hall–Kier alpha value is -1.87. The minimum absolute atomic E-state index is 0.267. The highest BCUT2D eigenvalue weighted by Crippen LogP contribution is 2.18. The second kappa shape index (κ2) is 4.11. The Bertz CT molecular complexity index is 431. The maximum absolute atomic E-state index is 11.7. The zero-order chi connectivity index (χ0) is 10.7. The molecular formula is C12H10O3. The van der Waals surface area contributed by atoms with E-state index in [4.69, 9.17) is 4.42 Å². The molecule has 0 radical (unpaired) electrons. The fourth-order valence-corrected chi connectivity index (χ4v) is 1.34. The van der Waals surface area contributed by atoms with Crippen LogP contribution in [0, 0.1) is 0 Å². The predicted octanol–water partition coefficient (Wildman–Crippen LogP) is 2.20. The Kier molecular flexibility index (Phi) is 2.65. The van der Waals surface area contributed by atoms with Gasteiger partial charge in [-0.1, -0.05) is 30.3 Å². The van der Waals surface area contributed by atoms with Gasteiger partial charge in [-0.15, -0.1) is 0 Å². The molecule has 2 aromatic rings. The Morgan fingerprint density at radius 3 is 2.47 bits per heavy atom. The van der Waals surface area contributed by atoms with E-state index in [0.29, 0.717) is 5.56 Å². The predicted molar refractivity (Wildman–Crippen MR) is 54.4 cm³/mol. The molecule has 0 aliphatic rings. The van der Waals surface area contributed by atoms with Crippen molar-refractivity contribution in [3.8, 4) is 0 Å². The number of benzene rings is 1. The first-order valence-corrected chi connectivity index (χ1v) is 4.60. The first-order valence-electron chi connectivity index (χ1n) is 4.60. The van der Waals surface area contributed by atoms with Gasteiger partial charge in [-0.2, -0.15) is 0 Å². The molecule has 0 fully saturated rings. The molecule has 0 amide bonds. The summed E-state index contributed by atoms with van der Waals surface area (Å²) in [6, 6.07) is 11.9. The largest absolute Gasteiger partial charge is 0.466 e. The number of hydrogen-bond donors (Lipinski definition) is 1. The third-order valence-electron chi connectivity index (χ3n) is 2.12. The summed E-state index contributed by atoms with van der Waals surface area (Å²) >= 11 is 0. The van der Waals surface area contributed by atoms with Gasteiger partial charge in [0.15, 0.2) is 11.9 Å². The van der Waals surface area contributed by atoms with Gasteiger partial charge in [-0.3, -0.25) is 4.79 Å². The third-order valence-corrected chi connectivity index (χ3v) is 2.12. The number of Topliss-reactive ketones (excluding diaryl/α,β-unsaturated/α-hetero) is 1. The van der Waals surface area contributed by atoms with E-state index in [2.05, 4.69) is 0 Å². The van der Waals surface area contributed by atoms with E-state index in [1.807, 2.05) is 6.07 Å². The van der Waals surface area contributed by atoms with E-state index in [9.17, 15) is 9.90 Å². The van der Waals surface area contributed by atoms with Crippen LogP contribution in [-0.4, -0.2) is 10.9 Å². The van der Waals surface area contributed by atoms with Gasteiger partial charge in [-0.25, -0.2) is 0 Å². The van der Waals surface area contributed by atoms with Gasteiger partial charge in [0, 0.05) is 5.56 Å². The maximum atomic E-state index is 11.7. The normalized spacial score (nSPS) is 12.3. The number of hydrogen-bond acceptors (Lipinski definition) is 3. The molecule has 1 aromatic heterocycles. The lowest BCUT2D eigenvalue weighted by molar-refractivity contribution is 0.0703. The molecule has 1 N–H and O–H groups in total. The molecule has 0 saturated carbocycles. The molecule has 15 heavy (non-hydrogen) atoms. The summed E-state index contributed by atoms with van der Waals surface area (Å²) in [4.78, 5) is 11.7. The van der Waals surface area contributed by atoms with Crippen molar-refractivity contribution in [2.45, 2.75) is 6.10 Å². The molecule has 76 valence electrons. The van der Waals surface area contributed by atoms with Crippen molar-refractivity contribution < 1.29 is 14.3 Å². The zero-order valence-corrected chi connectivity index (χ0v) is 7.96. The van der Waals surface area contributed by atoms with Crippen LogP contribution in [0.2, 0.25) is 0 Å². The van der Waals surface area contributed by atoms with Gasteiger partial charge in [0.25, 0.3) is 0 Å². The van der Waals surface area contributed by atoms with Crippen LogP contribution in [0.3, 0.4) is 0 Å². The van der Waals surface area contributed by atoms with Crippen LogP contribution in [0.5, 0.6) is 0 Å². The lowest BCUT2D eigenvalue weighted by Gasteiger charge is -2.05. The monoisotopic (exact) mass is 202 g/mol. The van der Waals surface area contributed by atoms with Crippen LogP contribution in [0.15, 0.2) is 53.1 Å². The molecule has 1 heterocycles. The number of carbonyl (C=O) groups is 1. The first kappa shape index (κ1) is 9.68. The molecule has 1 aromatic carbocycles. The summed E-state index contributed by atoms with van der Waals surface area (Å²) in [6.45, 7) is 0. The lowest BCUT2D eigenvalue weighted by Crippen LogP contribution is -2.11. The summed E-state index contributed by atoms with van der Waals surface area (Å²) in [5, 5.41) is 9.69. The molecule has 0 saturated heterocycles. The van der Waals surface area contributed by atoms with E-state index in [0.717, 1.165) is 0 Å². The molecule has 1 atom stereocenters. The van der Waals surface area contributed by atoms with Gasteiger partial charge in [-0.05, 0) is 12.1 Å². The highest BCUT2D eigenvalue weighted by molar-refractivity contribution is 5.99. The highest BCUT2D eigenvalue weighted by atomic mass is 16.4. The van der Waals surface area contributed by atoms with E-state index in [1.54, 1.807) is 36.4 Å². The minimum atomic E-state index is -1.22. The molecule has 3 heteroatoms. The van der Waals surface area contributed by atoms with Gasteiger partial charge >= 0.3 is 0 Å². The molecule has 0 aliphatic carbocycles. The lowest BCUT2D eigenvalue weighted by atomic mass is 10.1. The van der Waals surface area contributed by atoms with Crippen molar-refractivity contribution in [3.63, 3.8) is 0 Å². The maximum Gasteiger partial charge on any atom is 0.199 e. The SMILES string of the molecule is O=C(c1ccccc1)C(O)c1ccco1. The standard InChI is InChI=1S/C12H10O3/c13-11(9-5-2-1-3-6-9)12(14)10-7-4-8-15-10/h1-8,12,14H. The Morgan fingerprint density at radius 1 is 1.13 bits per heavy atom. The van der Waals surface area contributed by atoms with Crippen LogP contribution < -0.4 is 0 Å². The fourth-order valence-electron chi connectivity index (χ4n) is 1.34. The summed E-state index contributed by atoms with van der Waals surface area (Å²) in [5.41, 5.74) is 0.474. The van der Waals surface area contributed by atoms with Gasteiger partial charge in [0.05, 0.1) is 6.26 Å². The van der Waals surface area contributed by atoms with E-state index < -0.39 is 6.10 Å². The Morgan fingerprint density at radius 2 is 1.87 bits per heavy atom. The summed E-state index contributed by atoms with van der Waals surface area (Å²) < 4.78 is 4.97. The van der Waals surface area contributed by atoms with Gasteiger partial charge in [0.2, 0.25) is 0 Å². The molecule has 0 bridgehead atoms. The van der Waals surface area contributed by atoms with Crippen molar-refractivity contribution in [2.75, 3.05) is 0 Å². The quantitative estimate of drug-likeness (QED) is 0.776. The Balaban J connectivity index is 2.23. The second-order valence-electron chi connectivity index (χ2n) is 3.15. The van der Waals surface area contributed by atoms with Crippen molar-refractivity contribution in [1.82, 2.24) is 0 Å². The molecule has 1 unspecified atom stereocenters. The van der Waals surface area contributed by atoms with E-state index in [1.165, 1.54) is 6.26 Å². The van der Waals surface area contributed by atoms with Crippen LogP contribution in [0.1, 0.15) is 22.2 Å². The molecular weight excluding hydrogens is 192 g/mol. The summed E-state index contributed by atoms with van der Waals surface area (Å²) in [5.74, 6) is -0.0885. The van der Waals surface area contributed by atoms with Crippen LogP contribution in [0.25, 0.3) is 0 Å². The molecule has 0 spiro atoms. The van der Waals surface area contributed by atoms with E-state index in [-0.39, 0.29) is 11.5 Å². The third kappa shape index (κ3) is 1.97. The average Bonchev–Trinajstić information content (AvgIpc) is 2.82. The average molecular weight is 202 g/mol. The minimum Gasteiger partial charge on any atom is -0.466 e. The number of rotatable bonds is 3. The molecule has 0 aliphatic heterocycles. The van der Waals surface area contributed by atoms with Crippen LogP contribution in [-0.2, 0) is 0 Å². The number of carbonyl (C=O) groups excluding carboxylic acids is 1. The number of aliphatic hydroxyl groups excluding tert-OH is 1. The second-order valence-corrected chi connectivity index (χ2v) is 3.15. The van der Waals surface area contributed by atoms with Gasteiger partial charge < -0.3 is 9.52 Å². The fraction of sp³-hybridized carbons (Fsp3) is 0.0833. The number of furan rings is 1. The topological polar surface area (TPSA) is 50.4 Å². The highest BCUT2D eigenvalue weighted by Gasteiger charge is 2.20. The van der Waals surface area contributed by atoms with Crippen LogP contribution >= 0.6 is 0 Å². The first-order chi connectivity index (χ1) is 7.29. The van der Waals surface area contributed by atoms with Crippen LogP contribution in [0.4, 0.5) is 0 Å². The van der Waals surface area contributed by atoms with Crippen molar-refractivity contribution in [2.24, 2.45) is 0 Å². The van der Waals surface area contributed by atoms with Crippen molar-refractivity contribution >= 4 is 5.78 Å². The van der Waals surface area contributed by atoms with Crippen molar-refractivity contribution in [3.05, 3.63) is 60.1 Å². The summed E-state index contributed by atoms with van der Waals surface area (Å²) in [7, 11) is 0. The molecule has 2 rings (SSSR count). The zero-order valence-electron chi connectivity index (χ0n) is 7.96. The molecule has 3 nitrogen and oxygen atoms in total. The Labute approximate surface area is 87.0 Å². The number of ketones is 1. The number of aliphatic hydroxyl groups is 1.